The van der Waals surface area contributed by atoms with Gasteiger partial charge in [-0.25, -0.2) is 4.98 Å². The number of ether oxygens (including phenoxy) is 1. The fourth-order valence-electron chi connectivity index (χ4n) is 2.86. The number of likely N-dealkylation sites (N-methyl/N-ethyl adjacent to an activating group) is 1. The minimum Gasteiger partial charge on any atom is -0.379 e. The molecule has 1 aliphatic rings. The fourth-order valence-corrected chi connectivity index (χ4v) is 2.86. The Labute approximate surface area is 173 Å². The molecule has 6 nitrogen and oxygen atoms in total. The van der Waals surface area contributed by atoms with E-state index >= 15 is 0 Å². The largest absolute Gasteiger partial charge is 0.379 e. The predicted octanol–water partition coefficient (Wildman–Crippen LogP) is 2.98. The van der Waals surface area contributed by atoms with Crippen molar-refractivity contribution in [3.8, 4) is 0 Å². The van der Waals surface area contributed by atoms with Crippen LogP contribution < -0.4 is 5.32 Å². The highest BCUT2D eigenvalue weighted by Crippen LogP contribution is 2.28. The van der Waals surface area contributed by atoms with Gasteiger partial charge in [-0.15, -0.1) is 24.0 Å². The lowest BCUT2D eigenvalue weighted by Gasteiger charge is -2.22. The fraction of sp³-hybridized carbons (Fsp3) is 0.579. The summed E-state index contributed by atoms with van der Waals surface area (Å²) in [5, 5.41) is 3.43. The second-order valence-electron chi connectivity index (χ2n) is 6.69. The van der Waals surface area contributed by atoms with Crippen LogP contribution in [-0.4, -0.2) is 60.8 Å². The standard InChI is InChI=1S/C19H29N5O.HI/c1-20-19(23(2)12-13-25-14-16-8-9-16)21-10-5-11-24-15-22-17-6-3-4-7-18(17)24;/h3-4,6-7,15-16H,5,8-14H2,1-2H3,(H,20,21);1H. The number of guanidine groups is 1. The van der Waals surface area contributed by atoms with Crippen molar-refractivity contribution in [3.05, 3.63) is 30.6 Å². The van der Waals surface area contributed by atoms with Gasteiger partial charge in [0.15, 0.2) is 5.96 Å². The van der Waals surface area contributed by atoms with Crippen LogP contribution in [0.5, 0.6) is 0 Å². The van der Waals surface area contributed by atoms with E-state index in [2.05, 4.69) is 43.9 Å². The molecule has 144 valence electrons. The molecule has 1 aliphatic carbocycles. The van der Waals surface area contributed by atoms with E-state index in [4.69, 9.17) is 4.74 Å². The molecule has 1 fully saturated rings. The molecule has 0 aliphatic heterocycles. The van der Waals surface area contributed by atoms with Gasteiger partial charge >= 0.3 is 0 Å². The summed E-state index contributed by atoms with van der Waals surface area (Å²) < 4.78 is 7.91. The third-order valence-electron chi connectivity index (χ3n) is 4.58. The Kier molecular flexibility index (Phi) is 8.64. The van der Waals surface area contributed by atoms with E-state index in [9.17, 15) is 0 Å². The molecular formula is C19H30IN5O. The lowest BCUT2D eigenvalue weighted by atomic mass is 10.3. The number of halogens is 1. The molecule has 1 aromatic carbocycles. The molecular weight excluding hydrogens is 441 g/mol. The number of hydrogen-bond donors (Lipinski definition) is 1. The highest BCUT2D eigenvalue weighted by Gasteiger charge is 2.21. The van der Waals surface area contributed by atoms with E-state index in [1.54, 1.807) is 0 Å². The highest BCUT2D eigenvalue weighted by atomic mass is 127. The van der Waals surface area contributed by atoms with Gasteiger partial charge in [0, 0.05) is 40.3 Å². The molecule has 0 spiro atoms. The van der Waals surface area contributed by atoms with E-state index in [1.807, 2.05) is 25.5 Å². The maximum Gasteiger partial charge on any atom is 0.193 e. The molecule has 0 bridgehead atoms. The van der Waals surface area contributed by atoms with Crippen LogP contribution in [0.2, 0.25) is 0 Å². The van der Waals surface area contributed by atoms with Crippen LogP contribution in [0.1, 0.15) is 19.3 Å². The first-order valence-electron chi connectivity index (χ1n) is 9.17. The van der Waals surface area contributed by atoms with Gasteiger partial charge in [0.05, 0.1) is 24.0 Å². The van der Waals surface area contributed by atoms with Crippen molar-refractivity contribution < 1.29 is 4.74 Å². The topological polar surface area (TPSA) is 54.7 Å². The molecule has 7 heteroatoms. The summed E-state index contributed by atoms with van der Waals surface area (Å²) in [5.41, 5.74) is 2.24. The van der Waals surface area contributed by atoms with Gasteiger partial charge in [0.1, 0.15) is 0 Å². The molecule has 0 saturated heterocycles. The zero-order valence-electron chi connectivity index (χ0n) is 15.7. The van der Waals surface area contributed by atoms with Crippen molar-refractivity contribution in [3.63, 3.8) is 0 Å². The van der Waals surface area contributed by atoms with Crippen LogP contribution in [0.3, 0.4) is 0 Å². The quantitative estimate of drug-likeness (QED) is 0.265. The molecule has 0 radical (unpaired) electrons. The molecule has 1 aromatic heterocycles. The summed E-state index contributed by atoms with van der Waals surface area (Å²) in [5.74, 6) is 1.74. The first kappa shape index (κ1) is 21.0. The summed E-state index contributed by atoms with van der Waals surface area (Å²) >= 11 is 0. The Morgan fingerprint density at radius 1 is 1.38 bits per heavy atom. The number of para-hydroxylation sites is 2. The van der Waals surface area contributed by atoms with Crippen molar-refractivity contribution in [1.82, 2.24) is 19.8 Å². The number of aryl methyl sites for hydroxylation is 1. The minimum absolute atomic E-state index is 0. The van der Waals surface area contributed by atoms with Gasteiger partial charge in [-0.2, -0.15) is 0 Å². The van der Waals surface area contributed by atoms with E-state index in [-0.39, 0.29) is 24.0 Å². The van der Waals surface area contributed by atoms with E-state index < -0.39 is 0 Å². The third kappa shape index (κ3) is 6.12. The lowest BCUT2D eigenvalue weighted by Crippen LogP contribution is -2.41. The number of imidazole rings is 1. The van der Waals surface area contributed by atoms with Crippen molar-refractivity contribution in [2.24, 2.45) is 10.9 Å². The molecule has 2 aromatic rings. The second-order valence-corrected chi connectivity index (χ2v) is 6.69. The monoisotopic (exact) mass is 471 g/mol. The number of benzene rings is 1. The number of fused-ring (bicyclic) bond motifs is 1. The number of nitrogens with zero attached hydrogens (tertiary/aromatic N) is 4. The summed E-state index contributed by atoms with van der Waals surface area (Å²) in [6, 6.07) is 8.24. The van der Waals surface area contributed by atoms with Crippen LogP contribution in [-0.2, 0) is 11.3 Å². The third-order valence-corrected chi connectivity index (χ3v) is 4.58. The van der Waals surface area contributed by atoms with Crippen molar-refractivity contribution in [2.75, 3.05) is 40.4 Å². The Morgan fingerprint density at radius 3 is 2.96 bits per heavy atom. The molecule has 0 unspecified atom stereocenters. The lowest BCUT2D eigenvalue weighted by molar-refractivity contribution is 0.115. The Hall–Kier alpha value is -1.35. The van der Waals surface area contributed by atoms with Gasteiger partial charge in [0.25, 0.3) is 0 Å². The van der Waals surface area contributed by atoms with E-state index in [0.717, 1.165) is 56.7 Å². The van der Waals surface area contributed by atoms with Gasteiger partial charge in [0.2, 0.25) is 0 Å². The van der Waals surface area contributed by atoms with E-state index in [0.29, 0.717) is 0 Å². The molecule has 0 atom stereocenters. The first-order chi connectivity index (χ1) is 12.3. The van der Waals surface area contributed by atoms with Crippen LogP contribution in [0.15, 0.2) is 35.6 Å². The Morgan fingerprint density at radius 2 is 2.19 bits per heavy atom. The van der Waals surface area contributed by atoms with Crippen molar-refractivity contribution >= 4 is 41.0 Å². The number of rotatable bonds is 9. The van der Waals surface area contributed by atoms with Gasteiger partial charge in [-0.05, 0) is 37.3 Å². The number of aromatic nitrogens is 2. The van der Waals surface area contributed by atoms with Crippen molar-refractivity contribution in [1.29, 1.82) is 0 Å². The number of hydrogen-bond acceptors (Lipinski definition) is 3. The number of nitrogens with one attached hydrogen (secondary N) is 1. The van der Waals surface area contributed by atoms with Crippen LogP contribution in [0, 0.1) is 5.92 Å². The van der Waals surface area contributed by atoms with Crippen LogP contribution in [0.4, 0.5) is 0 Å². The van der Waals surface area contributed by atoms with Gasteiger partial charge in [-0.3, -0.25) is 4.99 Å². The molecule has 1 heterocycles. The summed E-state index contributed by atoms with van der Waals surface area (Å²) in [7, 11) is 3.88. The average Bonchev–Trinajstić information content (AvgIpc) is 3.37. The maximum atomic E-state index is 5.70. The highest BCUT2D eigenvalue weighted by molar-refractivity contribution is 14.0. The molecule has 1 saturated carbocycles. The molecule has 3 rings (SSSR count). The van der Waals surface area contributed by atoms with Gasteiger partial charge in [-0.1, -0.05) is 12.1 Å². The smallest absolute Gasteiger partial charge is 0.193 e. The van der Waals surface area contributed by atoms with Gasteiger partial charge < -0.3 is 19.5 Å². The molecule has 1 N–H and O–H groups in total. The minimum atomic E-state index is 0. The average molecular weight is 471 g/mol. The predicted molar refractivity (Wildman–Crippen MR) is 117 cm³/mol. The Balaban J connectivity index is 0.00000243. The first-order valence-corrected chi connectivity index (χ1v) is 9.17. The normalized spacial score (nSPS) is 14.3. The van der Waals surface area contributed by atoms with E-state index in [1.165, 1.54) is 18.4 Å². The van der Waals surface area contributed by atoms with Crippen LogP contribution in [0.25, 0.3) is 11.0 Å². The SMILES string of the molecule is CN=C(NCCCn1cnc2ccccc21)N(C)CCOCC1CC1.I. The summed E-state index contributed by atoms with van der Waals surface area (Å²) in [6.07, 6.45) is 5.62. The molecule has 26 heavy (non-hydrogen) atoms. The zero-order chi connectivity index (χ0) is 17.5. The molecule has 0 amide bonds. The van der Waals surface area contributed by atoms with Crippen LogP contribution >= 0.6 is 24.0 Å². The Bertz CT molecular complexity index is 698. The van der Waals surface area contributed by atoms with Crippen molar-refractivity contribution in [2.45, 2.75) is 25.8 Å². The summed E-state index contributed by atoms with van der Waals surface area (Å²) in [4.78, 5) is 10.9. The second kappa shape index (κ2) is 10.7. The maximum absolute atomic E-state index is 5.70. The summed E-state index contributed by atoms with van der Waals surface area (Å²) in [6.45, 7) is 4.36. The number of aliphatic imine (C=N–C) groups is 1. The zero-order valence-corrected chi connectivity index (χ0v) is 18.1.